The van der Waals surface area contributed by atoms with Crippen molar-refractivity contribution >= 4 is 17.6 Å². The minimum absolute atomic E-state index is 0.0148. The summed E-state index contributed by atoms with van der Waals surface area (Å²) >= 11 is 0. The van der Waals surface area contributed by atoms with Crippen LogP contribution in [0.25, 0.3) is 0 Å². The van der Waals surface area contributed by atoms with E-state index in [-0.39, 0.29) is 12.4 Å². The summed E-state index contributed by atoms with van der Waals surface area (Å²) in [4.78, 5) is 24.3. The van der Waals surface area contributed by atoms with E-state index in [1.165, 1.54) is 13.0 Å². The Bertz CT molecular complexity index is 889. The van der Waals surface area contributed by atoms with Crippen LogP contribution in [0.5, 0.6) is 5.75 Å². The highest BCUT2D eigenvalue weighted by Crippen LogP contribution is 2.15. The normalized spacial score (nSPS) is 11.4. The Labute approximate surface area is 156 Å². The van der Waals surface area contributed by atoms with Crippen molar-refractivity contribution in [3.63, 3.8) is 0 Å². The Morgan fingerprint density at radius 3 is 2.33 bits per heavy atom. The van der Waals surface area contributed by atoms with Gasteiger partial charge < -0.3 is 19.2 Å². The van der Waals surface area contributed by atoms with Gasteiger partial charge >= 0.3 is 5.97 Å². The first-order valence-electron chi connectivity index (χ1n) is 8.45. The summed E-state index contributed by atoms with van der Waals surface area (Å²) in [5.74, 6) is 0.0582. The van der Waals surface area contributed by atoms with Crippen LogP contribution >= 0.6 is 0 Å². The topological polar surface area (TPSA) is 77.8 Å². The lowest BCUT2D eigenvalue weighted by atomic mass is 10.3. The van der Waals surface area contributed by atoms with Gasteiger partial charge in [0.15, 0.2) is 6.10 Å². The van der Waals surface area contributed by atoms with Crippen molar-refractivity contribution in [2.24, 2.45) is 0 Å². The SMILES string of the molecule is CC(OC(=O)c1ccc(COc2ccccc2)o1)C(=O)Nc1ccccc1. The molecule has 1 N–H and O–H groups in total. The molecule has 0 spiro atoms. The fraction of sp³-hybridized carbons (Fsp3) is 0.143. The summed E-state index contributed by atoms with van der Waals surface area (Å²) in [6.07, 6.45) is -0.966. The van der Waals surface area contributed by atoms with E-state index in [2.05, 4.69) is 5.32 Å². The Morgan fingerprint density at radius 1 is 0.963 bits per heavy atom. The molecule has 1 atom stereocenters. The summed E-state index contributed by atoms with van der Waals surface area (Å²) in [6.45, 7) is 1.68. The fourth-order valence-electron chi connectivity index (χ4n) is 2.27. The van der Waals surface area contributed by atoms with Gasteiger partial charge in [0, 0.05) is 5.69 Å². The van der Waals surface area contributed by atoms with Crippen molar-refractivity contribution < 1.29 is 23.5 Å². The number of carbonyl (C=O) groups is 2. The number of esters is 1. The van der Waals surface area contributed by atoms with Crippen molar-refractivity contribution in [1.29, 1.82) is 0 Å². The van der Waals surface area contributed by atoms with Gasteiger partial charge in [0.1, 0.15) is 18.1 Å². The molecule has 2 aromatic carbocycles. The third-order valence-electron chi connectivity index (χ3n) is 3.68. The predicted octanol–water partition coefficient (Wildman–Crippen LogP) is 4.04. The smallest absolute Gasteiger partial charge is 0.375 e. The maximum atomic E-state index is 12.2. The van der Waals surface area contributed by atoms with Crippen molar-refractivity contribution in [1.82, 2.24) is 0 Å². The van der Waals surface area contributed by atoms with Gasteiger partial charge in [0.05, 0.1) is 0 Å². The Morgan fingerprint density at radius 2 is 1.63 bits per heavy atom. The molecule has 6 nitrogen and oxygen atoms in total. The average molecular weight is 365 g/mol. The number of hydrogen-bond donors (Lipinski definition) is 1. The van der Waals surface area contributed by atoms with Crippen LogP contribution in [0.15, 0.2) is 77.2 Å². The highest BCUT2D eigenvalue weighted by atomic mass is 16.6. The molecule has 1 unspecified atom stereocenters. The van der Waals surface area contributed by atoms with E-state index in [0.717, 1.165) is 0 Å². The number of ether oxygens (including phenoxy) is 2. The van der Waals surface area contributed by atoms with Crippen LogP contribution in [-0.2, 0) is 16.1 Å². The standard InChI is InChI=1S/C21H19NO5/c1-15(20(23)22-16-8-4-2-5-9-16)26-21(24)19-13-12-18(27-19)14-25-17-10-6-3-7-11-17/h2-13,15H,14H2,1H3,(H,22,23). The maximum absolute atomic E-state index is 12.2. The molecule has 3 aromatic rings. The molecule has 0 fully saturated rings. The number of para-hydroxylation sites is 2. The molecule has 3 rings (SSSR count). The predicted molar refractivity (Wildman–Crippen MR) is 99.4 cm³/mol. The largest absolute Gasteiger partial charge is 0.486 e. The lowest BCUT2D eigenvalue weighted by molar-refractivity contribution is -0.123. The first-order valence-corrected chi connectivity index (χ1v) is 8.45. The van der Waals surface area contributed by atoms with Gasteiger partial charge in [-0.2, -0.15) is 0 Å². The zero-order valence-electron chi connectivity index (χ0n) is 14.8. The highest BCUT2D eigenvalue weighted by molar-refractivity contribution is 5.96. The van der Waals surface area contributed by atoms with Gasteiger partial charge in [-0.1, -0.05) is 36.4 Å². The van der Waals surface area contributed by atoms with Crippen LogP contribution in [0.2, 0.25) is 0 Å². The number of rotatable bonds is 7. The number of benzene rings is 2. The van der Waals surface area contributed by atoms with Crippen LogP contribution in [0.3, 0.4) is 0 Å². The van der Waals surface area contributed by atoms with E-state index < -0.39 is 18.0 Å². The van der Waals surface area contributed by atoms with Crippen LogP contribution in [-0.4, -0.2) is 18.0 Å². The van der Waals surface area contributed by atoms with E-state index in [1.54, 1.807) is 30.3 Å². The second-order valence-corrected chi connectivity index (χ2v) is 5.77. The Kier molecular flexibility index (Phi) is 5.89. The zero-order chi connectivity index (χ0) is 19.1. The van der Waals surface area contributed by atoms with Crippen LogP contribution in [0.4, 0.5) is 5.69 Å². The molecular weight excluding hydrogens is 346 g/mol. The lowest BCUT2D eigenvalue weighted by Crippen LogP contribution is -2.29. The molecule has 1 amide bonds. The minimum atomic E-state index is -0.966. The van der Waals surface area contributed by atoms with Gasteiger partial charge in [-0.25, -0.2) is 4.79 Å². The van der Waals surface area contributed by atoms with Crippen LogP contribution in [0, 0.1) is 0 Å². The third kappa shape index (κ3) is 5.22. The van der Waals surface area contributed by atoms with Crippen LogP contribution in [0.1, 0.15) is 23.2 Å². The quantitative estimate of drug-likeness (QED) is 0.639. The van der Waals surface area contributed by atoms with Crippen molar-refractivity contribution in [3.8, 4) is 5.75 Å². The number of hydrogen-bond acceptors (Lipinski definition) is 5. The number of amides is 1. The van der Waals surface area contributed by atoms with E-state index in [9.17, 15) is 9.59 Å². The molecule has 0 aliphatic heterocycles. The minimum Gasteiger partial charge on any atom is -0.486 e. The van der Waals surface area contributed by atoms with Gasteiger partial charge in [-0.15, -0.1) is 0 Å². The van der Waals surface area contributed by atoms with Crippen molar-refractivity contribution in [3.05, 3.63) is 84.3 Å². The molecule has 0 radical (unpaired) electrons. The van der Waals surface area contributed by atoms with Gasteiger partial charge in [-0.05, 0) is 43.3 Å². The molecular formula is C21H19NO5. The molecule has 27 heavy (non-hydrogen) atoms. The van der Waals surface area contributed by atoms with Crippen molar-refractivity contribution in [2.45, 2.75) is 19.6 Å². The molecule has 1 heterocycles. The third-order valence-corrected chi connectivity index (χ3v) is 3.68. The molecule has 6 heteroatoms. The monoisotopic (exact) mass is 365 g/mol. The summed E-state index contributed by atoms with van der Waals surface area (Å²) in [7, 11) is 0. The van der Waals surface area contributed by atoms with E-state index in [4.69, 9.17) is 13.9 Å². The first-order chi connectivity index (χ1) is 13.1. The molecule has 0 saturated heterocycles. The highest BCUT2D eigenvalue weighted by Gasteiger charge is 2.21. The molecule has 0 bridgehead atoms. The van der Waals surface area contributed by atoms with E-state index >= 15 is 0 Å². The molecule has 0 aliphatic rings. The van der Waals surface area contributed by atoms with Gasteiger partial charge in [-0.3, -0.25) is 4.79 Å². The average Bonchev–Trinajstić information content (AvgIpc) is 3.17. The maximum Gasteiger partial charge on any atom is 0.375 e. The van der Waals surface area contributed by atoms with Gasteiger partial charge in [0.25, 0.3) is 5.91 Å². The van der Waals surface area contributed by atoms with E-state index in [0.29, 0.717) is 17.2 Å². The zero-order valence-corrected chi connectivity index (χ0v) is 14.8. The summed E-state index contributed by atoms with van der Waals surface area (Å²) in [5, 5.41) is 2.68. The number of furan rings is 1. The number of carbonyl (C=O) groups excluding carboxylic acids is 2. The molecule has 138 valence electrons. The Hall–Kier alpha value is -3.54. The second-order valence-electron chi connectivity index (χ2n) is 5.77. The number of nitrogens with one attached hydrogen (secondary N) is 1. The summed E-state index contributed by atoms with van der Waals surface area (Å²) in [6, 6.07) is 21.3. The van der Waals surface area contributed by atoms with E-state index in [1.807, 2.05) is 36.4 Å². The summed E-state index contributed by atoms with van der Waals surface area (Å²) in [5.41, 5.74) is 0.628. The molecule has 0 saturated carbocycles. The second kappa shape index (κ2) is 8.71. The van der Waals surface area contributed by atoms with Crippen molar-refractivity contribution in [2.75, 3.05) is 5.32 Å². The lowest BCUT2D eigenvalue weighted by Gasteiger charge is -2.12. The molecule has 0 aliphatic carbocycles. The van der Waals surface area contributed by atoms with Gasteiger partial charge in [0.2, 0.25) is 5.76 Å². The van der Waals surface area contributed by atoms with Crippen LogP contribution < -0.4 is 10.1 Å². The first kappa shape index (κ1) is 18.3. The fourth-order valence-corrected chi connectivity index (χ4v) is 2.27. The summed E-state index contributed by atoms with van der Waals surface area (Å²) < 4.78 is 16.2. The molecule has 1 aromatic heterocycles. The Balaban J connectivity index is 1.51. The number of anilines is 1.